The van der Waals surface area contributed by atoms with Gasteiger partial charge in [0, 0.05) is 25.1 Å². The van der Waals surface area contributed by atoms with E-state index >= 15 is 0 Å². The van der Waals surface area contributed by atoms with E-state index in [9.17, 15) is 4.79 Å². The molecule has 2 heterocycles. The summed E-state index contributed by atoms with van der Waals surface area (Å²) in [6, 6.07) is 3.86. The van der Waals surface area contributed by atoms with Crippen LogP contribution in [0.2, 0.25) is 5.82 Å². The summed E-state index contributed by atoms with van der Waals surface area (Å²) in [6.07, 6.45) is 3.40. The molecule has 6 nitrogen and oxygen atoms in total. The van der Waals surface area contributed by atoms with Crippen LogP contribution in [-0.4, -0.2) is 37.2 Å². The Hall–Kier alpha value is -1.73. The predicted octanol–water partition coefficient (Wildman–Crippen LogP) is 3.93. The van der Waals surface area contributed by atoms with E-state index in [1.807, 2.05) is 12.1 Å². The molecule has 7 atom stereocenters. The lowest BCUT2D eigenvalue weighted by Gasteiger charge is -2.87. The quantitative estimate of drug-likeness (QED) is 0.556. The van der Waals surface area contributed by atoms with E-state index in [4.69, 9.17) is 23.5 Å². The summed E-state index contributed by atoms with van der Waals surface area (Å²) >= 11 is 0. The summed E-state index contributed by atoms with van der Waals surface area (Å²) in [4.78, 5) is 12.7. The number of esters is 1. The third kappa shape index (κ3) is 1.67. The zero-order chi connectivity index (χ0) is 20.8. The highest BCUT2D eigenvalue weighted by molar-refractivity contribution is 6.49. The van der Waals surface area contributed by atoms with Gasteiger partial charge in [0.25, 0.3) is 0 Å². The van der Waals surface area contributed by atoms with Crippen molar-refractivity contribution in [2.24, 2.45) is 17.3 Å². The molecular formula is C23H27BO6. The smallest absolute Gasteiger partial charge is 0.461 e. The summed E-state index contributed by atoms with van der Waals surface area (Å²) in [6.45, 7) is 8.18. The number of hydrogen-bond acceptors (Lipinski definition) is 6. The number of hydrogen-bond donors (Lipinski definition) is 0. The van der Waals surface area contributed by atoms with Gasteiger partial charge in [-0.2, -0.15) is 0 Å². The Labute approximate surface area is 176 Å². The average Bonchev–Trinajstić information content (AvgIpc) is 3.40. The Morgan fingerprint density at radius 2 is 1.90 bits per heavy atom. The Bertz CT molecular complexity index is 1020. The SMILES string of the molecule is COc1ccc([C@H]2C[C@H]2B2OC34CC5CC(C53C)[C@@]4(C)O2)c2c1C(=O)OC(C)(C)O2. The second-order valence-electron chi connectivity index (χ2n) is 11.0. The van der Waals surface area contributed by atoms with Crippen molar-refractivity contribution < 1.29 is 28.3 Å². The molecule has 0 N–H and O–H groups in total. The number of rotatable bonds is 3. The number of carbonyl (C=O) groups is 1. The molecule has 5 fully saturated rings. The molecule has 1 aromatic rings. The fraction of sp³-hybridized carbons (Fsp3) is 0.696. The summed E-state index contributed by atoms with van der Waals surface area (Å²) in [7, 11) is 1.38. The van der Waals surface area contributed by atoms with Gasteiger partial charge in [0.1, 0.15) is 17.1 Å². The molecule has 4 aliphatic carbocycles. The minimum absolute atomic E-state index is 0.0764. The summed E-state index contributed by atoms with van der Waals surface area (Å²) in [5.41, 5.74) is 1.53. The number of methoxy groups -OCH3 is 1. The van der Waals surface area contributed by atoms with Gasteiger partial charge in [0.15, 0.2) is 0 Å². The molecule has 7 heteroatoms. The lowest BCUT2D eigenvalue weighted by molar-refractivity contribution is -0.429. The van der Waals surface area contributed by atoms with Crippen molar-refractivity contribution in [1.82, 2.24) is 0 Å². The maximum absolute atomic E-state index is 12.7. The maximum atomic E-state index is 12.7. The Morgan fingerprint density at radius 1 is 1.10 bits per heavy atom. The number of ether oxygens (including phenoxy) is 3. The third-order valence-corrected chi connectivity index (χ3v) is 9.49. The number of benzene rings is 1. The van der Waals surface area contributed by atoms with Crippen molar-refractivity contribution in [3.63, 3.8) is 0 Å². The van der Waals surface area contributed by atoms with E-state index in [0.717, 1.165) is 24.3 Å². The zero-order valence-corrected chi connectivity index (χ0v) is 18.1. The third-order valence-electron chi connectivity index (χ3n) is 9.49. The van der Waals surface area contributed by atoms with Crippen LogP contribution in [0.3, 0.4) is 0 Å². The maximum Gasteiger partial charge on any atom is 0.461 e. The van der Waals surface area contributed by atoms with Crippen LogP contribution in [0.5, 0.6) is 11.5 Å². The van der Waals surface area contributed by atoms with Gasteiger partial charge >= 0.3 is 13.1 Å². The molecule has 0 amide bonds. The molecule has 2 aliphatic heterocycles. The monoisotopic (exact) mass is 410 g/mol. The molecule has 1 spiro atoms. The van der Waals surface area contributed by atoms with Crippen molar-refractivity contribution in [1.29, 1.82) is 0 Å². The molecule has 6 aliphatic rings. The van der Waals surface area contributed by atoms with E-state index in [1.54, 1.807) is 21.0 Å². The van der Waals surface area contributed by atoms with Gasteiger partial charge in [-0.05, 0) is 55.6 Å². The van der Waals surface area contributed by atoms with Crippen LogP contribution in [0.15, 0.2) is 12.1 Å². The van der Waals surface area contributed by atoms with Crippen LogP contribution < -0.4 is 9.47 Å². The first-order chi connectivity index (χ1) is 14.2. The molecule has 7 rings (SSSR count). The highest BCUT2D eigenvalue weighted by Gasteiger charge is 2.94. The molecule has 0 bridgehead atoms. The summed E-state index contributed by atoms with van der Waals surface area (Å²) in [5, 5.41) is 0. The van der Waals surface area contributed by atoms with Gasteiger partial charge in [0.2, 0.25) is 5.79 Å². The summed E-state index contributed by atoms with van der Waals surface area (Å²) < 4.78 is 30.3. The van der Waals surface area contributed by atoms with E-state index in [2.05, 4.69) is 13.8 Å². The molecule has 158 valence electrons. The van der Waals surface area contributed by atoms with Crippen LogP contribution in [0, 0.1) is 17.3 Å². The number of cyclic esters (lactones) is 1. The summed E-state index contributed by atoms with van der Waals surface area (Å²) in [5.74, 6) is 1.65. The normalized spacial score (nSPS) is 48.0. The molecule has 4 unspecified atom stereocenters. The van der Waals surface area contributed by atoms with Gasteiger partial charge in [-0.1, -0.05) is 13.0 Å². The fourth-order valence-corrected chi connectivity index (χ4v) is 7.85. The van der Waals surface area contributed by atoms with Gasteiger partial charge in [-0.25, -0.2) is 4.79 Å². The fourth-order valence-electron chi connectivity index (χ4n) is 7.85. The van der Waals surface area contributed by atoms with Gasteiger partial charge < -0.3 is 23.5 Å². The van der Waals surface area contributed by atoms with Crippen LogP contribution >= 0.6 is 0 Å². The minimum Gasteiger partial charge on any atom is -0.496 e. The van der Waals surface area contributed by atoms with Gasteiger partial charge in [-0.3, -0.25) is 0 Å². The first-order valence-electron chi connectivity index (χ1n) is 11.1. The number of fused-ring (bicyclic) bond motifs is 2. The van der Waals surface area contributed by atoms with Crippen molar-refractivity contribution in [3.8, 4) is 11.5 Å². The highest BCUT2D eigenvalue weighted by Crippen LogP contribution is 2.88. The van der Waals surface area contributed by atoms with Crippen molar-refractivity contribution in [2.45, 2.75) is 75.7 Å². The van der Waals surface area contributed by atoms with E-state index in [1.165, 1.54) is 6.42 Å². The first-order valence-corrected chi connectivity index (χ1v) is 11.1. The van der Waals surface area contributed by atoms with Gasteiger partial charge in [0.05, 0.1) is 18.3 Å². The molecule has 1 aromatic carbocycles. The Balaban J connectivity index is 1.20. The molecule has 30 heavy (non-hydrogen) atoms. The van der Waals surface area contributed by atoms with E-state index in [-0.39, 0.29) is 30.1 Å². The minimum atomic E-state index is -1.00. The lowest BCUT2D eigenvalue weighted by Crippen LogP contribution is -2.92. The van der Waals surface area contributed by atoms with Crippen LogP contribution in [0.4, 0.5) is 0 Å². The number of carbonyl (C=O) groups excluding carboxylic acids is 1. The highest BCUT2D eigenvalue weighted by atomic mass is 16.7. The Morgan fingerprint density at radius 3 is 2.57 bits per heavy atom. The molecule has 0 aromatic heterocycles. The second kappa shape index (κ2) is 4.86. The molecule has 1 saturated heterocycles. The molecule has 4 saturated carbocycles. The van der Waals surface area contributed by atoms with Crippen molar-refractivity contribution >= 4 is 13.1 Å². The standard InChI is InChI=1S/C23H27BO6/c1-20(2)27-18-12(6-7-15(26-5)17(18)19(25)28-20)13-9-14(13)24-29-22(4)16-8-11-10-23(22,30-24)21(11,16)3/h6-7,11,13-14,16H,8-10H2,1-5H3/t11?,13-,14-,16?,21?,22-,23?/m1/s1. The average molecular weight is 410 g/mol. The van der Waals surface area contributed by atoms with Crippen LogP contribution in [0.25, 0.3) is 0 Å². The Kier molecular flexibility index (Phi) is 2.90. The van der Waals surface area contributed by atoms with E-state index in [0.29, 0.717) is 28.4 Å². The van der Waals surface area contributed by atoms with Gasteiger partial charge in [-0.15, -0.1) is 0 Å². The van der Waals surface area contributed by atoms with Crippen molar-refractivity contribution in [2.75, 3.05) is 7.11 Å². The van der Waals surface area contributed by atoms with Crippen LogP contribution in [0.1, 0.15) is 68.8 Å². The predicted molar refractivity (Wildman–Crippen MR) is 108 cm³/mol. The topological polar surface area (TPSA) is 63.2 Å². The van der Waals surface area contributed by atoms with Crippen molar-refractivity contribution in [3.05, 3.63) is 23.3 Å². The van der Waals surface area contributed by atoms with Crippen LogP contribution in [-0.2, 0) is 14.0 Å². The molecular weight excluding hydrogens is 383 g/mol. The second-order valence-corrected chi connectivity index (χ2v) is 11.0. The lowest BCUT2D eigenvalue weighted by atomic mass is 9.21. The largest absolute Gasteiger partial charge is 0.496 e. The first kappa shape index (κ1) is 17.9. The molecule has 0 radical (unpaired) electrons. The van der Waals surface area contributed by atoms with E-state index < -0.39 is 11.8 Å². The zero-order valence-electron chi connectivity index (χ0n) is 18.1.